The lowest BCUT2D eigenvalue weighted by atomic mass is 10.1. The molecule has 106 valence electrons. The molecule has 0 aliphatic carbocycles. The average molecular weight is 287 g/mol. The lowest BCUT2D eigenvalue weighted by Gasteiger charge is -2.11. The molecule has 8 heteroatoms. The molecule has 0 spiro atoms. The highest BCUT2D eigenvalue weighted by atomic mass is 32.2. The largest absolute Gasteiger partial charge is 0.393 e. The van der Waals surface area contributed by atoms with Gasteiger partial charge in [-0.25, -0.2) is 13.1 Å². The van der Waals surface area contributed by atoms with E-state index >= 15 is 0 Å². The topological polar surface area (TPSA) is 115 Å². The SMILES string of the molecule is CCC(C)CNS(=O)(=O)c1cccc(N)c1[N+](=O)[O-]. The van der Waals surface area contributed by atoms with Gasteiger partial charge in [-0.05, 0) is 18.1 Å². The van der Waals surface area contributed by atoms with E-state index in [1.807, 2.05) is 13.8 Å². The molecule has 0 heterocycles. The van der Waals surface area contributed by atoms with Gasteiger partial charge < -0.3 is 5.73 Å². The number of nitro groups is 1. The highest BCUT2D eigenvalue weighted by Crippen LogP contribution is 2.29. The number of nitro benzene ring substituents is 1. The summed E-state index contributed by atoms with van der Waals surface area (Å²) in [6.45, 7) is 4.04. The Balaban J connectivity index is 3.15. The van der Waals surface area contributed by atoms with Gasteiger partial charge in [0.2, 0.25) is 10.0 Å². The monoisotopic (exact) mass is 287 g/mol. The Morgan fingerprint density at radius 1 is 1.47 bits per heavy atom. The van der Waals surface area contributed by atoms with E-state index in [4.69, 9.17) is 5.73 Å². The minimum absolute atomic E-state index is 0.148. The molecule has 1 atom stereocenters. The number of benzene rings is 1. The Morgan fingerprint density at radius 2 is 2.11 bits per heavy atom. The molecule has 0 aromatic heterocycles. The normalized spacial score (nSPS) is 13.2. The summed E-state index contributed by atoms with van der Waals surface area (Å²) in [4.78, 5) is 9.73. The summed E-state index contributed by atoms with van der Waals surface area (Å²) in [7, 11) is -3.94. The Bertz CT molecular complexity index is 571. The van der Waals surface area contributed by atoms with Crippen LogP contribution in [0.15, 0.2) is 23.1 Å². The quantitative estimate of drug-likeness (QED) is 0.467. The second kappa shape index (κ2) is 5.98. The van der Waals surface area contributed by atoms with Gasteiger partial charge in [-0.1, -0.05) is 26.3 Å². The Morgan fingerprint density at radius 3 is 2.63 bits per heavy atom. The van der Waals surface area contributed by atoms with Gasteiger partial charge in [0.25, 0.3) is 0 Å². The number of hydrogen-bond donors (Lipinski definition) is 2. The van der Waals surface area contributed by atoms with Gasteiger partial charge in [0.15, 0.2) is 4.90 Å². The van der Waals surface area contributed by atoms with Crippen molar-refractivity contribution < 1.29 is 13.3 Å². The van der Waals surface area contributed by atoms with E-state index in [-0.39, 0.29) is 18.2 Å². The molecule has 0 saturated carbocycles. The number of nitrogen functional groups attached to an aromatic ring is 1. The first kappa shape index (κ1) is 15.4. The van der Waals surface area contributed by atoms with Crippen LogP contribution in [0, 0.1) is 16.0 Å². The van der Waals surface area contributed by atoms with Crippen molar-refractivity contribution in [2.24, 2.45) is 5.92 Å². The zero-order chi connectivity index (χ0) is 14.6. The predicted molar refractivity (Wildman–Crippen MR) is 72.2 cm³/mol. The van der Waals surface area contributed by atoms with Crippen LogP contribution in [-0.4, -0.2) is 19.9 Å². The van der Waals surface area contributed by atoms with E-state index in [9.17, 15) is 18.5 Å². The molecule has 0 amide bonds. The summed E-state index contributed by atoms with van der Waals surface area (Å²) in [5, 5.41) is 10.9. The molecule has 3 N–H and O–H groups in total. The Labute approximate surface area is 112 Å². The molecule has 19 heavy (non-hydrogen) atoms. The summed E-state index contributed by atoms with van der Waals surface area (Å²) < 4.78 is 26.5. The standard InChI is InChI=1S/C11H17N3O4S/c1-3-8(2)7-13-19(17,18)10-6-4-5-9(12)11(10)14(15)16/h4-6,8,13H,3,7,12H2,1-2H3. The Hall–Kier alpha value is -1.67. The van der Waals surface area contributed by atoms with Crippen LogP contribution in [0.2, 0.25) is 0 Å². The fourth-order valence-electron chi connectivity index (χ4n) is 1.43. The van der Waals surface area contributed by atoms with E-state index in [1.54, 1.807) is 0 Å². The van der Waals surface area contributed by atoms with Crippen molar-refractivity contribution in [1.82, 2.24) is 4.72 Å². The van der Waals surface area contributed by atoms with E-state index in [0.29, 0.717) is 0 Å². The third-order valence-corrected chi connectivity index (χ3v) is 4.28. The van der Waals surface area contributed by atoms with E-state index in [0.717, 1.165) is 6.42 Å². The van der Waals surface area contributed by atoms with Crippen molar-refractivity contribution in [2.75, 3.05) is 12.3 Å². The third kappa shape index (κ3) is 3.65. The maximum Gasteiger partial charge on any atom is 0.312 e. The van der Waals surface area contributed by atoms with Crippen LogP contribution in [-0.2, 0) is 10.0 Å². The molecule has 0 radical (unpaired) electrons. The van der Waals surface area contributed by atoms with Crippen LogP contribution in [0.3, 0.4) is 0 Å². The number of nitrogens with two attached hydrogens (primary N) is 1. The molecule has 0 bridgehead atoms. The number of para-hydroxylation sites is 1. The fourth-order valence-corrected chi connectivity index (χ4v) is 2.79. The summed E-state index contributed by atoms with van der Waals surface area (Å²) in [5.74, 6) is 0.148. The molecule has 7 nitrogen and oxygen atoms in total. The first-order valence-corrected chi connectivity index (χ1v) is 7.30. The van der Waals surface area contributed by atoms with Crippen molar-refractivity contribution in [3.05, 3.63) is 28.3 Å². The fraction of sp³-hybridized carbons (Fsp3) is 0.455. The van der Waals surface area contributed by atoms with Crippen molar-refractivity contribution in [3.8, 4) is 0 Å². The Kier molecular flexibility index (Phi) is 4.84. The number of hydrogen-bond acceptors (Lipinski definition) is 5. The molecule has 0 fully saturated rings. The predicted octanol–water partition coefficient (Wildman–Crippen LogP) is 1.50. The van der Waals surface area contributed by atoms with Gasteiger partial charge in [0, 0.05) is 6.54 Å². The van der Waals surface area contributed by atoms with Crippen LogP contribution < -0.4 is 10.5 Å². The zero-order valence-electron chi connectivity index (χ0n) is 10.8. The number of nitrogens with one attached hydrogen (secondary N) is 1. The van der Waals surface area contributed by atoms with Gasteiger partial charge >= 0.3 is 5.69 Å². The first-order chi connectivity index (χ1) is 8.79. The molecular weight excluding hydrogens is 270 g/mol. The van der Waals surface area contributed by atoms with Crippen molar-refractivity contribution in [2.45, 2.75) is 25.2 Å². The molecule has 1 aromatic rings. The molecule has 1 aromatic carbocycles. The average Bonchev–Trinajstić information content (AvgIpc) is 2.35. The molecular formula is C11H17N3O4S. The second-order valence-corrected chi connectivity index (χ2v) is 6.05. The lowest BCUT2D eigenvalue weighted by Crippen LogP contribution is -2.29. The van der Waals surface area contributed by atoms with Crippen molar-refractivity contribution >= 4 is 21.4 Å². The molecule has 0 aliphatic rings. The van der Waals surface area contributed by atoms with Crippen LogP contribution in [0.25, 0.3) is 0 Å². The van der Waals surface area contributed by atoms with Gasteiger partial charge in [-0.3, -0.25) is 10.1 Å². The number of anilines is 1. The third-order valence-electron chi connectivity index (χ3n) is 2.82. The maximum atomic E-state index is 12.1. The van der Waals surface area contributed by atoms with Crippen LogP contribution >= 0.6 is 0 Å². The van der Waals surface area contributed by atoms with Gasteiger partial charge in [0.05, 0.1) is 4.92 Å². The maximum absolute atomic E-state index is 12.1. The van der Waals surface area contributed by atoms with Gasteiger partial charge in [-0.15, -0.1) is 0 Å². The van der Waals surface area contributed by atoms with E-state index < -0.39 is 25.5 Å². The van der Waals surface area contributed by atoms with Gasteiger partial charge in [-0.2, -0.15) is 0 Å². The minimum Gasteiger partial charge on any atom is -0.393 e. The van der Waals surface area contributed by atoms with Crippen LogP contribution in [0.1, 0.15) is 20.3 Å². The highest BCUT2D eigenvalue weighted by Gasteiger charge is 2.27. The highest BCUT2D eigenvalue weighted by molar-refractivity contribution is 7.89. The molecule has 0 aliphatic heterocycles. The molecule has 1 rings (SSSR count). The summed E-state index contributed by atoms with van der Waals surface area (Å²) >= 11 is 0. The van der Waals surface area contributed by atoms with Gasteiger partial charge in [0.1, 0.15) is 5.69 Å². The zero-order valence-corrected chi connectivity index (χ0v) is 11.6. The first-order valence-electron chi connectivity index (χ1n) is 5.82. The number of sulfonamides is 1. The number of nitrogens with zero attached hydrogens (tertiary/aromatic N) is 1. The van der Waals surface area contributed by atoms with E-state index in [2.05, 4.69) is 4.72 Å². The summed E-state index contributed by atoms with van der Waals surface area (Å²) in [6, 6.07) is 3.85. The van der Waals surface area contributed by atoms with E-state index in [1.165, 1.54) is 18.2 Å². The molecule has 1 unspecified atom stereocenters. The molecule has 0 saturated heterocycles. The lowest BCUT2D eigenvalue weighted by molar-refractivity contribution is -0.386. The number of rotatable bonds is 6. The minimum atomic E-state index is -3.94. The smallest absolute Gasteiger partial charge is 0.312 e. The van der Waals surface area contributed by atoms with Crippen molar-refractivity contribution in [1.29, 1.82) is 0 Å². The summed E-state index contributed by atoms with van der Waals surface area (Å²) in [5.41, 5.74) is 4.71. The second-order valence-electron chi connectivity index (χ2n) is 4.32. The van der Waals surface area contributed by atoms with Crippen molar-refractivity contribution in [3.63, 3.8) is 0 Å². The summed E-state index contributed by atoms with van der Waals surface area (Å²) in [6.07, 6.45) is 0.807. The van der Waals surface area contributed by atoms with Crippen LogP contribution in [0.4, 0.5) is 11.4 Å². The van der Waals surface area contributed by atoms with Crippen LogP contribution in [0.5, 0.6) is 0 Å².